The van der Waals surface area contributed by atoms with Crippen molar-refractivity contribution >= 4 is 33.3 Å². The number of carbonyl (C=O) groups excluding carboxylic acids is 2. The fraction of sp³-hybridized carbons (Fsp3) is 0.467. The highest BCUT2D eigenvalue weighted by atomic mass is 35.5. The molecule has 0 aliphatic carbocycles. The van der Waals surface area contributed by atoms with Crippen LogP contribution < -0.4 is 5.32 Å². The van der Waals surface area contributed by atoms with E-state index in [9.17, 15) is 18.0 Å². The van der Waals surface area contributed by atoms with Crippen LogP contribution in [0.3, 0.4) is 0 Å². The maximum absolute atomic E-state index is 12.1. The van der Waals surface area contributed by atoms with Crippen molar-refractivity contribution in [1.82, 2.24) is 10.2 Å². The maximum atomic E-state index is 12.1. The van der Waals surface area contributed by atoms with E-state index in [0.29, 0.717) is 31.0 Å². The predicted octanol–water partition coefficient (Wildman–Crippen LogP) is 1.24. The Morgan fingerprint density at radius 1 is 1.26 bits per heavy atom. The van der Waals surface area contributed by atoms with E-state index < -0.39 is 21.5 Å². The quantitative estimate of drug-likeness (QED) is 0.743. The molecule has 1 aliphatic heterocycles. The third-order valence-corrected chi connectivity index (χ3v) is 5.48. The normalized spacial score (nSPS) is 15.0. The van der Waals surface area contributed by atoms with E-state index in [1.54, 1.807) is 4.90 Å². The minimum Gasteiger partial charge on any atom is -0.355 e. The first-order chi connectivity index (χ1) is 10.9. The highest BCUT2D eigenvalue weighted by Crippen LogP contribution is 2.15. The molecule has 2 rings (SSSR count). The van der Waals surface area contributed by atoms with Crippen LogP contribution in [0.25, 0.3) is 0 Å². The zero-order valence-electron chi connectivity index (χ0n) is 12.6. The molecule has 0 spiro atoms. The molecule has 0 bridgehead atoms. The fourth-order valence-corrected chi connectivity index (χ4v) is 3.68. The summed E-state index contributed by atoms with van der Waals surface area (Å²) in [6.07, 6.45) is 2.08. The lowest BCUT2D eigenvalue weighted by molar-refractivity contribution is -0.127. The Labute approximate surface area is 140 Å². The Bertz CT molecular complexity index is 673. The summed E-state index contributed by atoms with van der Waals surface area (Å²) in [6, 6.07) is 5.70. The largest absolute Gasteiger partial charge is 0.355 e. The number of carbonyl (C=O) groups is 2. The number of likely N-dealkylation sites (tertiary alicyclic amines) is 1. The van der Waals surface area contributed by atoms with Gasteiger partial charge in [-0.25, -0.2) is 8.42 Å². The molecule has 1 aromatic carbocycles. The summed E-state index contributed by atoms with van der Waals surface area (Å²) in [5.41, 5.74) is 0. The SMILES string of the molecule is O=C(CS(=O)(=O)c1ccc(Cl)cc1)NCCCN1CCCC1=O. The number of nitrogens with one attached hydrogen (secondary N) is 1. The van der Waals surface area contributed by atoms with Crippen LogP contribution in [0, 0.1) is 0 Å². The molecule has 23 heavy (non-hydrogen) atoms. The van der Waals surface area contributed by atoms with E-state index in [2.05, 4.69) is 5.32 Å². The van der Waals surface area contributed by atoms with Gasteiger partial charge in [0.1, 0.15) is 5.75 Å². The molecule has 0 atom stereocenters. The number of amides is 2. The lowest BCUT2D eigenvalue weighted by Crippen LogP contribution is -2.33. The van der Waals surface area contributed by atoms with Crippen LogP contribution in [0.2, 0.25) is 5.02 Å². The van der Waals surface area contributed by atoms with E-state index >= 15 is 0 Å². The third-order valence-electron chi connectivity index (χ3n) is 3.59. The highest BCUT2D eigenvalue weighted by Gasteiger charge is 2.20. The molecule has 1 fully saturated rings. The predicted molar refractivity (Wildman–Crippen MR) is 86.9 cm³/mol. The summed E-state index contributed by atoms with van der Waals surface area (Å²) in [7, 11) is -3.67. The van der Waals surface area contributed by atoms with E-state index in [0.717, 1.165) is 13.0 Å². The molecule has 8 heteroatoms. The Hall–Kier alpha value is -1.60. The van der Waals surface area contributed by atoms with Crippen LogP contribution in [0.5, 0.6) is 0 Å². The van der Waals surface area contributed by atoms with Crippen molar-refractivity contribution in [1.29, 1.82) is 0 Å². The second-order valence-corrected chi connectivity index (χ2v) is 7.83. The monoisotopic (exact) mass is 358 g/mol. The van der Waals surface area contributed by atoms with Crippen molar-refractivity contribution in [2.24, 2.45) is 0 Å². The van der Waals surface area contributed by atoms with Crippen LogP contribution >= 0.6 is 11.6 Å². The van der Waals surface area contributed by atoms with Gasteiger partial charge in [-0.3, -0.25) is 9.59 Å². The second kappa shape index (κ2) is 7.79. The first kappa shape index (κ1) is 17.7. The van der Waals surface area contributed by atoms with Crippen molar-refractivity contribution in [3.63, 3.8) is 0 Å². The van der Waals surface area contributed by atoms with Crippen molar-refractivity contribution in [3.05, 3.63) is 29.3 Å². The molecule has 6 nitrogen and oxygen atoms in total. The standard InChI is InChI=1S/C15H19ClN2O4S/c16-12-4-6-13(7-5-12)23(21,22)11-14(19)17-8-2-10-18-9-1-3-15(18)20/h4-7H,1-3,8-11H2,(H,17,19). The molecule has 2 amide bonds. The Balaban J connectivity index is 1.75. The van der Waals surface area contributed by atoms with Crippen molar-refractivity contribution < 1.29 is 18.0 Å². The highest BCUT2D eigenvalue weighted by molar-refractivity contribution is 7.92. The van der Waals surface area contributed by atoms with Gasteiger partial charge in [0.2, 0.25) is 11.8 Å². The van der Waals surface area contributed by atoms with Crippen LogP contribution in [0.1, 0.15) is 19.3 Å². The van der Waals surface area contributed by atoms with Crippen molar-refractivity contribution in [2.75, 3.05) is 25.4 Å². The van der Waals surface area contributed by atoms with Gasteiger partial charge in [0.25, 0.3) is 0 Å². The van der Waals surface area contributed by atoms with Crippen LogP contribution in [-0.2, 0) is 19.4 Å². The number of benzene rings is 1. The number of halogens is 1. The molecule has 1 aromatic rings. The molecule has 0 radical (unpaired) electrons. The number of hydrogen-bond acceptors (Lipinski definition) is 4. The van der Waals surface area contributed by atoms with E-state index in [-0.39, 0.29) is 10.8 Å². The molecule has 0 unspecified atom stereocenters. The molecular weight excluding hydrogens is 340 g/mol. The molecule has 1 aliphatic rings. The Morgan fingerprint density at radius 2 is 1.96 bits per heavy atom. The number of hydrogen-bond donors (Lipinski definition) is 1. The molecule has 0 saturated carbocycles. The first-order valence-corrected chi connectivity index (χ1v) is 9.44. The summed E-state index contributed by atoms with van der Waals surface area (Å²) < 4.78 is 24.2. The van der Waals surface area contributed by atoms with Gasteiger partial charge in [0.05, 0.1) is 4.90 Å². The average Bonchev–Trinajstić information content (AvgIpc) is 2.89. The van der Waals surface area contributed by atoms with Crippen LogP contribution in [0.15, 0.2) is 29.2 Å². The molecule has 1 heterocycles. The van der Waals surface area contributed by atoms with Crippen LogP contribution in [0.4, 0.5) is 0 Å². The first-order valence-electron chi connectivity index (χ1n) is 7.41. The molecule has 1 saturated heterocycles. The van der Waals surface area contributed by atoms with E-state index in [4.69, 9.17) is 11.6 Å². The molecule has 1 N–H and O–H groups in total. The van der Waals surface area contributed by atoms with Gasteiger partial charge >= 0.3 is 0 Å². The summed E-state index contributed by atoms with van der Waals surface area (Å²) in [5, 5.41) is 3.01. The summed E-state index contributed by atoms with van der Waals surface area (Å²) in [6.45, 7) is 1.69. The third kappa shape index (κ3) is 5.21. The minimum atomic E-state index is -3.67. The van der Waals surface area contributed by atoms with Crippen molar-refractivity contribution in [3.8, 4) is 0 Å². The number of nitrogens with zero attached hydrogens (tertiary/aromatic N) is 1. The summed E-state index contributed by atoms with van der Waals surface area (Å²) >= 11 is 5.71. The van der Waals surface area contributed by atoms with Crippen molar-refractivity contribution in [2.45, 2.75) is 24.2 Å². The molecule has 0 aromatic heterocycles. The van der Waals surface area contributed by atoms with Gasteiger partial charge in [-0.05, 0) is 37.1 Å². The average molecular weight is 359 g/mol. The van der Waals surface area contributed by atoms with Gasteiger partial charge in [-0.1, -0.05) is 11.6 Å². The topological polar surface area (TPSA) is 83.6 Å². The summed E-state index contributed by atoms with van der Waals surface area (Å²) in [4.78, 5) is 25.0. The van der Waals surface area contributed by atoms with Gasteiger partial charge in [0, 0.05) is 31.1 Å². The lowest BCUT2D eigenvalue weighted by atomic mass is 10.4. The van der Waals surface area contributed by atoms with Gasteiger partial charge < -0.3 is 10.2 Å². The van der Waals surface area contributed by atoms with Gasteiger partial charge in [-0.15, -0.1) is 0 Å². The smallest absolute Gasteiger partial charge is 0.235 e. The second-order valence-electron chi connectivity index (χ2n) is 5.40. The Morgan fingerprint density at radius 3 is 2.57 bits per heavy atom. The van der Waals surface area contributed by atoms with E-state index in [1.807, 2.05) is 0 Å². The molecular formula is C15H19ClN2O4S. The fourth-order valence-electron chi connectivity index (χ4n) is 2.39. The zero-order chi connectivity index (χ0) is 16.9. The van der Waals surface area contributed by atoms with Crippen LogP contribution in [-0.4, -0.2) is 50.5 Å². The maximum Gasteiger partial charge on any atom is 0.235 e. The van der Waals surface area contributed by atoms with E-state index in [1.165, 1.54) is 24.3 Å². The minimum absolute atomic E-state index is 0.0692. The molecule has 126 valence electrons. The zero-order valence-corrected chi connectivity index (χ0v) is 14.2. The lowest BCUT2D eigenvalue weighted by Gasteiger charge is -2.15. The van der Waals surface area contributed by atoms with Gasteiger partial charge in [0.15, 0.2) is 9.84 Å². The Kier molecular flexibility index (Phi) is 6.01. The number of sulfone groups is 1. The summed E-state index contributed by atoms with van der Waals surface area (Å²) in [5.74, 6) is -1.01. The number of rotatable bonds is 7. The van der Waals surface area contributed by atoms with Gasteiger partial charge in [-0.2, -0.15) is 0 Å².